The van der Waals surface area contributed by atoms with E-state index in [4.69, 9.17) is 14.0 Å². The van der Waals surface area contributed by atoms with Gasteiger partial charge < -0.3 is 14.0 Å². The van der Waals surface area contributed by atoms with E-state index in [-0.39, 0.29) is 25.1 Å². The first-order valence-electron chi connectivity index (χ1n) is 7.82. The Hall–Kier alpha value is -3.11. The van der Waals surface area contributed by atoms with Crippen LogP contribution in [0.15, 0.2) is 21.2 Å². The highest BCUT2D eigenvalue weighted by Crippen LogP contribution is 2.32. The molecule has 0 aliphatic heterocycles. The summed E-state index contributed by atoms with van der Waals surface area (Å²) in [7, 11) is 0. The Kier molecular flexibility index (Phi) is 5.02. The molecule has 3 aromatic rings. The minimum Gasteiger partial charge on any atom is -0.489 e. The summed E-state index contributed by atoms with van der Waals surface area (Å²) in [5, 5.41) is 6.98. The van der Waals surface area contributed by atoms with Crippen LogP contribution < -0.4 is 9.47 Å². The fraction of sp³-hybridized carbons (Fsp3) is 0.375. The molecule has 0 fully saturated rings. The number of nitrogens with zero attached hydrogens (tertiary/aromatic N) is 4. The van der Waals surface area contributed by atoms with Crippen LogP contribution in [-0.4, -0.2) is 33.5 Å². The molecule has 0 bridgehead atoms. The molecule has 0 N–H and O–H groups in total. The summed E-state index contributed by atoms with van der Waals surface area (Å²) >= 11 is 0. The number of ether oxygens (including phenoxy) is 2. The lowest BCUT2D eigenvalue weighted by Gasteiger charge is -2.13. The number of hydrogen-bond acceptors (Lipinski definition) is 8. The maximum absolute atomic E-state index is 12.6. The Balaban J connectivity index is 1.66. The van der Waals surface area contributed by atoms with E-state index >= 15 is 0 Å². The summed E-state index contributed by atoms with van der Waals surface area (Å²) < 4.78 is 57.8. The molecular weight excluding hydrogens is 369 g/mol. The highest BCUT2D eigenvalue weighted by molar-refractivity contribution is 5.61. The molecule has 0 aliphatic rings. The van der Waals surface area contributed by atoms with Crippen LogP contribution in [0.1, 0.15) is 22.8 Å². The molecule has 8 nitrogen and oxygen atoms in total. The zero-order chi connectivity index (χ0) is 19.6. The largest absolute Gasteiger partial charge is 0.489 e. The topological polar surface area (TPSA) is 96.3 Å². The van der Waals surface area contributed by atoms with Gasteiger partial charge >= 0.3 is 18.1 Å². The monoisotopic (exact) mass is 384 g/mol. The molecule has 144 valence electrons. The van der Waals surface area contributed by atoms with Gasteiger partial charge in [0.05, 0.1) is 0 Å². The number of rotatable bonds is 6. The third-order valence-corrected chi connectivity index (χ3v) is 3.45. The van der Waals surface area contributed by atoms with Crippen LogP contribution in [0.4, 0.5) is 13.2 Å². The van der Waals surface area contributed by atoms with Crippen LogP contribution in [0.3, 0.4) is 0 Å². The van der Waals surface area contributed by atoms with Crippen LogP contribution >= 0.6 is 0 Å². The van der Waals surface area contributed by atoms with Gasteiger partial charge in [-0.2, -0.15) is 23.1 Å². The fourth-order valence-corrected chi connectivity index (χ4v) is 2.37. The van der Waals surface area contributed by atoms with Gasteiger partial charge in [-0.1, -0.05) is 10.3 Å². The quantitative estimate of drug-likeness (QED) is 0.596. The van der Waals surface area contributed by atoms with Crippen molar-refractivity contribution >= 4 is 0 Å². The highest BCUT2D eigenvalue weighted by Gasteiger charge is 2.38. The molecule has 2 heterocycles. The van der Waals surface area contributed by atoms with Gasteiger partial charge in [0.1, 0.15) is 19.0 Å². The molecule has 0 amide bonds. The molecule has 3 rings (SSSR count). The molecule has 0 unspecified atom stereocenters. The molecule has 0 saturated heterocycles. The summed E-state index contributed by atoms with van der Waals surface area (Å²) in [5.74, 6) is -0.483. The lowest BCUT2D eigenvalue weighted by Crippen LogP contribution is -2.10. The van der Waals surface area contributed by atoms with Gasteiger partial charge in [-0.05, 0) is 44.0 Å². The molecule has 1 aromatic carbocycles. The van der Waals surface area contributed by atoms with Gasteiger partial charge in [0.15, 0.2) is 5.82 Å². The first-order valence-corrected chi connectivity index (χ1v) is 7.82. The standard InChI is InChI=1S/C16H15F3N4O4/c1-8-6-11(13-21-14(26-23-13)16(17,18)19)7-9(2)12(8)24-4-5-25-15-20-10(3)22-27-15/h6-7H,4-5H2,1-3H3. The van der Waals surface area contributed by atoms with Crippen LogP contribution in [0, 0.1) is 20.8 Å². The van der Waals surface area contributed by atoms with Crippen LogP contribution in [-0.2, 0) is 6.18 Å². The highest BCUT2D eigenvalue weighted by atomic mass is 19.4. The first-order chi connectivity index (χ1) is 12.7. The Morgan fingerprint density at radius 2 is 1.59 bits per heavy atom. The van der Waals surface area contributed by atoms with Gasteiger partial charge in [-0.15, -0.1) is 0 Å². The van der Waals surface area contributed by atoms with Crippen molar-refractivity contribution in [2.24, 2.45) is 0 Å². The Bertz CT molecular complexity index is 913. The van der Waals surface area contributed by atoms with Crippen molar-refractivity contribution in [3.05, 3.63) is 35.0 Å². The minimum absolute atomic E-state index is 0.0532. The van der Waals surface area contributed by atoms with E-state index in [9.17, 15) is 13.2 Å². The fourth-order valence-electron chi connectivity index (χ4n) is 2.37. The van der Waals surface area contributed by atoms with Crippen molar-refractivity contribution in [1.82, 2.24) is 20.3 Å². The summed E-state index contributed by atoms with van der Waals surface area (Å²) in [5.41, 5.74) is 1.81. The second kappa shape index (κ2) is 7.25. The van der Waals surface area contributed by atoms with E-state index in [0.717, 1.165) is 0 Å². The SMILES string of the molecule is Cc1noc(OCCOc2c(C)cc(-c3noc(C(F)(F)F)n3)cc2C)n1. The predicted octanol–water partition coefficient (Wildman–Crippen LogP) is 3.52. The molecular formula is C16H15F3N4O4. The van der Waals surface area contributed by atoms with Crippen molar-refractivity contribution in [1.29, 1.82) is 0 Å². The molecule has 0 spiro atoms. The van der Waals surface area contributed by atoms with Crippen LogP contribution in [0.5, 0.6) is 11.8 Å². The molecule has 0 radical (unpaired) electrons. The van der Waals surface area contributed by atoms with E-state index in [2.05, 4.69) is 24.8 Å². The van der Waals surface area contributed by atoms with Crippen molar-refractivity contribution in [3.8, 4) is 23.2 Å². The van der Waals surface area contributed by atoms with Gasteiger partial charge in [0.2, 0.25) is 5.82 Å². The maximum Gasteiger partial charge on any atom is 0.471 e. The van der Waals surface area contributed by atoms with E-state index in [1.165, 1.54) is 0 Å². The number of alkyl halides is 3. The maximum atomic E-state index is 12.6. The summed E-state index contributed by atoms with van der Waals surface area (Å²) in [6.07, 6.45) is -4.63. The third-order valence-electron chi connectivity index (χ3n) is 3.45. The number of hydrogen-bond donors (Lipinski definition) is 0. The van der Waals surface area contributed by atoms with Crippen molar-refractivity contribution in [3.63, 3.8) is 0 Å². The van der Waals surface area contributed by atoms with Gasteiger partial charge in [-0.3, -0.25) is 4.52 Å². The minimum atomic E-state index is -4.69. The molecule has 0 aliphatic carbocycles. The second-order valence-corrected chi connectivity index (χ2v) is 5.66. The van der Waals surface area contributed by atoms with Gasteiger partial charge in [0, 0.05) is 5.56 Å². The van der Waals surface area contributed by atoms with E-state index < -0.39 is 12.1 Å². The molecule has 2 aromatic heterocycles. The average molecular weight is 384 g/mol. The molecule has 0 saturated carbocycles. The van der Waals surface area contributed by atoms with E-state index in [1.54, 1.807) is 32.9 Å². The van der Waals surface area contributed by atoms with E-state index in [0.29, 0.717) is 28.3 Å². The predicted molar refractivity (Wildman–Crippen MR) is 84.2 cm³/mol. The Labute approximate surface area is 151 Å². The smallest absolute Gasteiger partial charge is 0.471 e. The van der Waals surface area contributed by atoms with E-state index in [1.807, 2.05) is 0 Å². The normalized spacial score (nSPS) is 11.6. The molecule has 0 atom stereocenters. The van der Waals surface area contributed by atoms with Crippen LogP contribution in [0.2, 0.25) is 0 Å². The van der Waals surface area contributed by atoms with Gasteiger partial charge in [0.25, 0.3) is 0 Å². The Morgan fingerprint density at radius 1 is 0.926 bits per heavy atom. The van der Waals surface area contributed by atoms with Crippen LogP contribution in [0.25, 0.3) is 11.4 Å². The molecule has 27 heavy (non-hydrogen) atoms. The Morgan fingerprint density at radius 3 is 2.15 bits per heavy atom. The number of aromatic nitrogens is 4. The lowest BCUT2D eigenvalue weighted by atomic mass is 10.1. The second-order valence-electron chi connectivity index (χ2n) is 5.66. The summed E-state index contributed by atoms with van der Waals surface area (Å²) in [6, 6.07) is 3.24. The van der Waals surface area contributed by atoms with Crippen molar-refractivity contribution in [2.75, 3.05) is 13.2 Å². The first kappa shape index (κ1) is 18.7. The van der Waals surface area contributed by atoms with Crippen molar-refractivity contribution in [2.45, 2.75) is 26.9 Å². The zero-order valence-electron chi connectivity index (χ0n) is 14.6. The molecule has 11 heteroatoms. The van der Waals surface area contributed by atoms with Crippen molar-refractivity contribution < 1.29 is 31.7 Å². The lowest BCUT2D eigenvalue weighted by molar-refractivity contribution is -0.159. The number of benzene rings is 1. The summed E-state index contributed by atoms with van der Waals surface area (Å²) in [6.45, 7) is 5.59. The van der Waals surface area contributed by atoms with Gasteiger partial charge in [-0.25, -0.2) is 0 Å². The summed E-state index contributed by atoms with van der Waals surface area (Å²) in [4.78, 5) is 7.28. The third kappa shape index (κ3) is 4.36. The zero-order valence-corrected chi connectivity index (χ0v) is 14.6. The average Bonchev–Trinajstić information content (AvgIpc) is 3.22. The number of aryl methyl sites for hydroxylation is 3. The number of halogens is 3.